The minimum Gasteiger partial charge on any atom is -0.465 e. The number of esters is 1. The number of amides is 1. The van der Waals surface area contributed by atoms with E-state index in [0.29, 0.717) is 6.61 Å². The van der Waals surface area contributed by atoms with Crippen LogP contribution in [0, 0.1) is 0 Å². The normalized spacial score (nSPS) is 10.3. The summed E-state index contributed by atoms with van der Waals surface area (Å²) >= 11 is 0. The van der Waals surface area contributed by atoms with Crippen molar-refractivity contribution in [2.24, 2.45) is 0 Å². The number of nitrogens with one attached hydrogen (secondary N) is 2. The van der Waals surface area contributed by atoms with Crippen LogP contribution in [0.1, 0.15) is 12.5 Å². The van der Waals surface area contributed by atoms with Gasteiger partial charge in [-0.05, 0) is 18.6 Å². The van der Waals surface area contributed by atoms with Gasteiger partial charge in [0.1, 0.15) is 6.54 Å². The molecule has 0 atom stereocenters. The smallest absolute Gasteiger partial charge is 0.321 e. The molecule has 2 N–H and O–H groups in total. The maximum atomic E-state index is 11.3. The van der Waals surface area contributed by atoms with Gasteiger partial charge in [0.25, 0.3) is 5.91 Å². The molecule has 0 unspecified atom stereocenters. The molecule has 96 valence electrons. The molecule has 0 aliphatic heterocycles. The van der Waals surface area contributed by atoms with E-state index in [1.807, 2.05) is 30.3 Å². The highest BCUT2D eigenvalue weighted by Crippen LogP contribution is 1.99. The van der Waals surface area contributed by atoms with Gasteiger partial charge in [0.15, 0.2) is 0 Å². The van der Waals surface area contributed by atoms with Crippen LogP contribution in [0.4, 0.5) is 0 Å². The van der Waals surface area contributed by atoms with Gasteiger partial charge in [0.2, 0.25) is 0 Å². The summed E-state index contributed by atoms with van der Waals surface area (Å²) in [6.07, 6.45) is 3.06. The number of benzene rings is 1. The molecule has 1 aromatic rings. The van der Waals surface area contributed by atoms with E-state index in [1.54, 1.807) is 13.0 Å². The molecular weight excluding hydrogens is 232 g/mol. The summed E-state index contributed by atoms with van der Waals surface area (Å²) in [7, 11) is 0. The van der Waals surface area contributed by atoms with Crippen LogP contribution in [-0.4, -0.2) is 25.0 Å². The lowest BCUT2D eigenvalue weighted by Crippen LogP contribution is -2.40. The van der Waals surface area contributed by atoms with E-state index in [9.17, 15) is 9.59 Å². The van der Waals surface area contributed by atoms with Gasteiger partial charge in [0, 0.05) is 6.08 Å². The molecule has 0 radical (unpaired) electrons. The summed E-state index contributed by atoms with van der Waals surface area (Å²) in [5.41, 5.74) is 5.78. The van der Waals surface area contributed by atoms with Crippen LogP contribution in [-0.2, 0) is 14.3 Å². The first-order valence-electron chi connectivity index (χ1n) is 5.64. The van der Waals surface area contributed by atoms with Crippen molar-refractivity contribution >= 4 is 18.0 Å². The average Bonchev–Trinajstić information content (AvgIpc) is 2.38. The second-order valence-corrected chi connectivity index (χ2v) is 3.39. The third-order valence-electron chi connectivity index (χ3n) is 1.98. The molecule has 1 aromatic carbocycles. The number of ether oxygens (including phenoxy) is 1. The van der Waals surface area contributed by atoms with Crippen LogP contribution in [0.5, 0.6) is 0 Å². The van der Waals surface area contributed by atoms with Gasteiger partial charge < -0.3 is 4.74 Å². The van der Waals surface area contributed by atoms with Crippen molar-refractivity contribution < 1.29 is 14.3 Å². The molecule has 0 heterocycles. The first-order chi connectivity index (χ1) is 8.72. The van der Waals surface area contributed by atoms with E-state index < -0.39 is 5.97 Å². The third kappa shape index (κ3) is 5.81. The Bertz CT molecular complexity index is 416. The quantitative estimate of drug-likeness (QED) is 0.445. The van der Waals surface area contributed by atoms with Gasteiger partial charge in [-0.3, -0.25) is 15.0 Å². The van der Waals surface area contributed by atoms with Crippen LogP contribution in [0.2, 0.25) is 0 Å². The maximum absolute atomic E-state index is 11.3. The predicted octanol–water partition coefficient (Wildman–Crippen LogP) is 0.884. The van der Waals surface area contributed by atoms with Gasteiger partial charge in [0.05, 0.1) is 6.61 Å². The lowest BCUT2D eigenvalue weighted by Gasteiger charge is -2.04. The fraction of sp³-hybridized carbons (Fsp3) is 0.231. The molecule has 0 saturated heterocycles. The standard InChI is InChI=1S/C13H16N2O3/c1-2-18-13(17)10-14-15-12(16)9-8-11-6-4-3-5-7-11/h3-9,14H,2,10H2,1H3,(H,15,16). The molecule has 0 aliphatic carbocycles. The van der Waals surface area contributed by atoms with E-state index in [-0.39, 0.29) is 12.5 Å². The molecule has 18 heavy (non-hydrogen) atoms. The van der Waals surface area contributed by atoms with Crippen molar-refractivity contribution in [3.05, 3.63) is 42.0 Å². The zero-order valence-corrected chi connectivity index (χ0v) is 10.2. The monoisotopic (exact) mass is 248 g/mol. The van der Waals surface area contributed by atoms with Crippen LogP contribution >= 0.6 is 0 Å². The van der Waals surface area contributed by atoms with Gasteiger partial charge >= 0.3 is 5.97 Å². The first-order valence-corrected chi connectivity index (χ1v) is 5.64. The molecule has 0 aliphatic rings. The molecule has 1 amide bonds. The summed E-state index contributed by atoms with van der Waals surface area (Å²) < 4.78 is 4.68. The van der Waals surface area contributed by atoms with Crippen LogP contribution in [0.3, 0.4) is 0 Å². The second kappa shape index (κ2) is 8.03. The summed E-state index contributed by atoms with van der Waals surface area (Å²) in [6, 6.07) is 9.44. The van der Waals surface area contributed by atoms with E-state index >= 15 is 0 Å². The molecule has 0 bridgehead atoms. The van der Waals surface area contributed by atoms with E-state index in [2.05, 4.69) is 15.6 Å². The summed E-state index contributed by atoms with van der Waals surface area (Å²) in [4.78, 5) is 22.3. The molecule has 0 spiro atoms. The Labute approximate surface area is 106 Å². The number of carbonyl (C=O) groups is 2. The topological polar surface area (TPSA) is 67.4 Å². The van der Waals surface area contributed by atoms with Crippen molar-refractivity contribution in [3.63, 3.8) is 0 Å². The zero-order chi connectivity index (χ0) is 13.2. The molecule has 0 fully saturated rings. The van der Waals surface area contributed by atoms with E-state index in [4.69, 9.17) is 0 Å². The number of hydrazine groups is 1. The van der Waals surface area contributed by atoms with Crippen molar-refractivity contribution in [2.45, 2.75) is 6.92 Å². The summed E-state index contributed by atoms with van der Waals surface area (Å²) in [5.74, 6) is -0.743. The Morgan fingerprint density at radius 1 is 1.28 bits per heavy atom. The van der Waals surface area contributed by atoms with Crippen molar-refractivity contribution in [3.8, 4) is 0 Å². The van der Waals surface area contributed by atoms with Crippen LogP contribution in [0.25, 0.3) is 6.08 Å². The molecular formula is C13H16N2O3. The van der Waals surface area contributed by atoms with Crippen molar-refractivity contribution in [1.82, 2.24) is 10.9 Å². The average molecular weight is 248 g/mol. The molecule has 0 saturated carbocycles. The Balaban J connectivity index is 2.26. The Morgan fingerprint density at radius 3 is 2.67 bits per heavy atom. The van der Waals surface area contributed by atoms with E-state index in [1.165, 1.54) is 6.08 Å². The Kier molecular flexibility index (Phi) is 6.21. The van der Waals surface area contributed by atoms with Crippen LogP contribution in [0.15, 0.2) is 36.4 Å². The number of hydrogen-bond acceptors (Lipinski definition) is 4. The first kappa shape index (κ1) is 13.9. The van der Waals surface area contributed by atoms with E-state index in [0.717, 1.165) is 5.56 Å². The van der Waals surface area contributed by atoms with Gasteiger partial charge in [-0.25, -0.2) is 5.43 Å². The Morgan fingerprint density at radius 2 is 2.00 bits per heavy atom. The number of rotatable bonds is 6. The minimum atomic E-state index is -0.412. The summed E-state index contributed by atoms with van der Waals surface area (Å²) in [6.45, 7) is 1.99. The van der Waals surface area contributed by atoms with Gasteiger partial charge in [-0.2, -0.15) is 0 Å². The molecule has 0 aromatic heterocycles. The lowest BCUT2D eigenvalue weighted by molar-refractivity contribution is -0.142. The fourth-order valence-electron chi connectivity index (χ4n) is 1.19. The maximum Gasteiger partial charge on any atom is 0.321 e. The largest absolute Gasteiger partial charge is 0.465 e. The fourth-order valence-corrected chi connectivity index (χ4v) is 1.19. The molecule has 5 heteroatoms. The lowest BCUT2D eigenvalue weighted by atomic mass is 10.2. The highest BCUT2D eigenvalue weighted by atomic mass is 16.5. The zero-order valence-electron chi connectivity index (χ0n) is 10.2. The van der Waals surface area contributed by atoms with Crippen molar-refractivity contribution in [1.29, 1.82) is 0 Å². The number of hydrogen-bond donors (Lipinski definition) is 2. The second-order valence-electron chi connectivity index (χ2n) is 3.39. The predicted molar refractivity (Wildman–Crippen MR) is 68.3 cm³/mol. The van der Waals surface area contributed by atoms with Gasteiger partial charge in [-0.15, -0.1) is 0 Å². The minimum absolute atomic E-state index is 0.0568. The SMILES string of the molecule is CCOC(=O)CNNC(=O)C=Cc1ccccc1. The van der Waals surface area contributed by atoms with Crippen LogP contribution < -0.4 is 10.9 Å². The Hall–Kier alpha value is -2.14. The molecule has 5 nitrogen and oxygen atoms in total. The highest BCUT2D eigenvalue weighted by molar-refractivity contribution is 5.91. The van der Waals surface area contributed by atoms with Crippen molar-refractivity contribution in [2.75, 3.05) is 13.2 Å². The van der Waals surface area contributed by atoms with Gasteiger partial charge in [-0.1, -0.05) is 30.3 Å². The molecule has 1 rings (SSSR count). The number of carbonyl (C=O) groups excluding carboxylic acids is 2. The third-order valence-corrected chi connectivity index (χ3v) is 1.98. The highest BCUT2D eigenvalue weighted by Gasteiger charge is 2.00. The summed E-state index contributed by atoms with van der Waals surface area (Å²) in [5, 5.41) is 0.